The summed E-state index contributed by atoms with van der Waals surface area (Å²) >= 11 is 0. The van der Waals surface area contributed by atoms with E-state index in [0.717, 1.165) is 44.1 Å². The lowest BCUT2D eigenvalue weighted by atomic mass is 10.2. The van der Waals surface area contributed by atoms with Crippen LogP contribution in [0.4, 0.5) is 11.6 Å². The zero-order valence-corrected chi connectivity index (χ0v) is 12.1. The predicted octanol–water partition coefficient (Wildman–Crippen LogP) is 0.855. The van der Waals surface area contributed by atoms with Crippen LogP contribution in [0.3, 0.4) is 0 Å². The summed E-state index contributed by atoms with van der Waals surface area (Å²) in [6.07, 6.45) is 1.91. The average molecular weight is 264 g/mol. The van der Waals surface area contributed by atoms with Gasteiger partial charge in [-0.1, -0.05) is 6.92 Å². The lowest BCUT2D eigenvalue weighted by Crippen LogP contribution is -2.50. The highest BCUT2D eigenvalue weighted by molar-refractivity contribution is 5.50. The molecule has 1 unspecified atom stereocenters. The molecule has 0 radical (unpaired) electrons. The minimum atomic E-state index is 0.453. The van der Waals surface area contributed by atoms with E-state index in [9.17, 15) is 0 Å². The smallest absolute Gasteiger partial charge is 0.145 e. The highest BCUT2D eigenvalue weighted by Crippen LogP contribution is 2.20. The number of piperazine rings is 1. The molecule has 0 spiro atoms. The summed E-state index contributed by atoms with van der Waals surface area (Å²) < 4.78 is 0. The second-order valence-electron chi connectivity index (χ2n) is 5.23. The molecular formula is C13H24N6. The van der Waals surface area contributed by atoms with Crippen LogP contribution in [-0.4, -0.2) is 47.6 Å². The van der Waals surface area contributed by atoms with Crippen molar-refractivity contribution in [1.82, 2.24) is 14.9 Å². The second-order valence-corrected chi connectivity index (χ2v) is 5.23. The maximum Gasteiger partial charge on any atom is 0.145 e. The quantitative estimate of drug-likeness (QED) is 0.621. The summed E-state index contributed by atoms with van der Waals surface area (Å²) in [5, 5.41) is 0. The number of aryl methyl sites for hydroxylation is 1. The Morgan fingerprint density at radius 2 is 2.21 bits per heavy atom. The van der Waals surface area contributed by atoms with Crippen molar-refractivity contribution in [2.75, 3.05) is 37.0 Å². The number of nitrogens with one attached hydrogen (secondary N) is 1. The van der Waals surface area contributed by atoms with Crippen LogP contribution in [0.15, 0.2) is 6.07 Å². The highest BCUT2D eigenvalue weighted by Gasteiger charge is 2.23. The van der Waals surface area contributed by atoms with E-state index in [1.54, 1.807) is 0 Å². The summed E-state index contributed by atoms with van der Waals surface area (Å²) in [5.74, 6) is 8.04. The van der Waals surface area contributed by atoms with Gasteiger partial charge in [-0.15, -0.1) is 0 Å². The molecule has 1 fully saturated rings. The van der Waals surface area contributed by atoms with Gasteiger partial charge in [-0.3, -0.25) is 0 Å². The fourth-order valence-electron chi connectivity index (χ4n) is 2.52. The van der Waals surface area contributed by atoms with Crippen LogP contribution in [0.1, 0.15) is 26.1 Å². The standard InChI is InChI=1S/C13H24N6/c1-4-5-11-15-12(17-14)8-13(16-11)19-7-6-18(3)9-10(19)2/h8,10H,4-7,9,14H2,1-3H3,(H,15,16,17). The van der Waals surface area contributed by atoms with E-state index in [0.29, 0.717) is 11.9 Å². The molecule has 1 saturated heterocycles. The first-order valence-corrected chi connectivity index (χ1v) is 6.93. The molecule has 6 heteroatoms. The van der Waals surface area contributed by atoms with Crippen molar-refractivity contribution in [3.8, 4) is 0 Å². The number of nitrogen functional groups attached to an aromatic ring is 1. The van der Waals surface area contributed by atoms with Crippen molar-refractivity contribution in [3.05, 3.63) is 11.9 Å². The normalized spacial score (nSPS) is 20.6. The zero-order chi connectivity index (χ0) is 13.8. The summed E-state index contributed by atoms with van der Waals surface area (Å²) in [6.45, 7) is 7.46. The molecule has 1 atom stereocenters. The molecule has 1 aliphatic rings. The largest absolute Gasteiger partial charge is 0.351 e. The van der Waals surface area contributed by atoms with Crippen molar-refractivity contribution in [2.24, 2.45) is 5.84 Å². The van der Waals surface area contributed by atoms with Crippen LogP contribution in [0.5, 0.6) is 0 Å². The lowest BCUT2D eigenvalue weighted by Gasteiger charge is -2.39. The fourth-order valence-corrected chi connectivity index (χ4v) is 2.52. The summed E-state index contributed by atoms with van der Waals surface area (Å²) in [6, 6.07) is 2.38. The van der Waals surface area contributed by atoms with Crippen LogP contribution in [0.2, 0.25) is 0 Å². The monoisotopic (exact) mass is 264 g/mol. The van der Waals surface area contributed by atoms with Crippen LogP contribution >= 0.6 is 0 Å². The number of rotatable bonds is 4. The topological polar surface area (TPSA) is 70.3 Å². The molecule has 6 nitrogen and oxygen atoms in total. The number of hydrogen-bond donors (Lipinski definition) is 2. The molecule has 0 amide bonds. The van der Waals surface area contributed by atoms with Crippen LogP contribution in [-0.2, 0) is 6.42 Å². The molecule has 1 aliphatic heterocycles. The van der Waals surface area contributed by atoms with Crippen molar-refractivity contribution < 1.29 is 0 Å². The molecule has 0 aromatic carbocycles. The Morgan fingerprint density at radius 1 is 1.42 bits per heavy atom. The number of nitrogens with zero attached hydrogens (tertiary/aromatic N) is 4. The van der Waals surface area contributed by atoms with Gasteiger partial charge in [0.1, 0.15) is 17.5 Å². The Morgan fingerprint density at radius 3 is 2.84 bits per heavy atom. The SMILES string of the molecule is CCCc1nc(NN)cc(N2CCN(C)CC2C)n1. The van der Waals surface area contributed by atoms with Crippen LogP contribution < -0.4 is 16.2 Å². The van der Waals surface area contributed by atoms with Crippen LogP contribution in [0.25, 0.3) is 0 Å². The Balaban J connectivity index is 2.25. The van der Waals surface area contributed by atoms with Gasteiger partial charge in [-0.25, -0.2) is 15.8 Å². The van der Waals surface area contributed by atoms with Crippen LogP contribution in [0, 0.1) is 0 Å². The Bertz CT molecular complexity index is 422. The van der Waals surface area contributed by atoms with E-state index in [1.807, 2.05) is 6.07 Å². The van der Waals surface area contributed by atoms with E-state index in [1.165, 1.54) is 0 Å². The number of likely N-dealkylation sites (N-methyl/N-ethyl adjacent to an activating group) is 1. The highest BCUT2D eigenvalue weighted by atomic mass is 15.3. The molecule has 3 N–H and O–H groups in total. The molecule has 2 heterocycles. The van der Waals surface area contributed by atoms with E-state index in [-0.39, 0.29) is 0 Å². The molecule has 106 valence electrons. The maximum absolute atomic E-state index is 5.50. The molecular weight excluding hydrogens is 240 g/mol. The van der Waals surface area contributed by atoms with Gasteiger partial charge in [0.05, 0.1) is 0 Å². The van der Waals surface area contributed by atoms with Crippen molar-refractivity contribution in [3.63, 3.8) is 0 Å². The summed E-state index contributed by atoms with van der Waals surface area (Å²) in [7, 11) is 2.16. The van der Waals surface area contributed by atoms with E-state index < -0.39 is 0 Å². The third kappa shape index (κ3) is 3.33. The van der Waals surface area contributed by atoms with Gasteiger partial charge in [-0.2, -0.15) is 0 Å². The Hall–Kier alpha value is -1.40. The minimum Gasteiger partial charge on any atom is -0.351 e. The number of hydrogen-bond acceptors (Lipinski definition) is 6. The molecule has 1 aromatic rings. The first-order valence-electron chi connectivity index (χ1n) is 6.93. The van der Waals surface area contributed by atoms with E-state index in [2.05, 4.69) is 46.1 Å². The molecule has 2 rings (SSSR count). The lowest BCUT2D eigenvalue weighted by molar-refractivity contribution is 0.274. The van der Waals surface area contributed by atoms with Gasteiger partial charge in [0, 0.05) is 38.2 Å². The predicted molar refractivity (Wildman–Crippen MR) is 78.1 cm³/mol. The van der Waals surface area contributed by atoms with Gasteiger partial charge in [0.25, 0.3) is 0 Å². The Labute approximate surface area is 115 Å². The zero-order valence-electron chi connectivity index (χ0n) is 12.1. The second kappa shape index (κ2) is 6.16. The molecule has 0 aliphatic carbocycles. The first kappa shape index (κ1) is 14.0. The maximum atomic E-state index is 5.50. The number of nitrogens with two attached hydrogens (primary N) is 1. The number of anilines is 2. The minimum absolute atomic E-state index is 0.453. The van der Waals surface area contributed by atoms with Gasteiger partial charge in [0.15, 0.2) is 0 Å². The van der Waals surface area contributed by atoms with E-state index in [4.69, 9.17) is 5.84 Å². The van der Waals surface area contributed by atoms with Gasteiger partial charge in [0.2, 0.25) is 0 Å². The van der Waals surface area contributed by atoms with Gasteiger partial charge in [-0.05, 0) is 20.4 Å². The van der Waals surface area contributed by atoms with Crippen molar-refractivity contribution in [2.45, 2.75) is 32.7 Å². The van der Waals surface area contributed by atoms with Gasteiger partial charge < -0.3 is 15.2 Å². The molecule has 0 bridgehead atoms. The Kier molecular flexibility index (Phi) is 4.55. The van der Waals surface area contributed by atoms with Crippen molar-refractivity contribution in [1.29, 1.82) is 0 Å². The summed E-state index contributed by atoms with van der Waals surface area (Å²) in [5.41, 5.74) is 2.64. The average Bonchev–Trinajstić information content (AvgIpc) is 2.38. The number of aromatic nitrogens is 2. The van der Waals surface area contributed by atoms with E-state index >= 15 is 0 Å². The fraction of sp³-hybridized carbons (Fsp3) is 0.692. The molecule has 0 saturated carbocycles. The third-order valence-electron chi connectivity index (χ3n) is 3.51. The number of hydrazine groups is 1. The first-order chi connectivity index (χ1) is 9.13. The van der Waals surface area contributed by atoms with Gasteiger partial charge >= 0.3 is 0 Å². The van der Waals surface area contributed by atoms with Crippen molar-refractivity contribution >= 4 is 11.6 Å². The summed E-state index contributed by atoms with van der Waals surface area (Å²) in [4.78, 5) is 13.7. The molecule has 19 heavy (non-hydrogen) atoms. The molecule has 1 aromatic heterocycles. The third-order valence-corrected chi connectivity index (χ3v) is 3.51.